The SMILES string of the molecule is CC(C)CNCC1(CN2CCCC2(C)C)CCCC1. The van der Waals surface area contributed by atoms with E-state index in [0.717, 1.165) is 5.92 Å². The highest BCUT2D eigenvalue weighted by molar-refractivity contribution is 4.95. The minimum Gasteiger partial charge on any atom is -0.316 e. The Kier molecular flexibility index (Phi) is 4.94. The van der Waals surface area contributed by atoms with Crippen LogP contribution in [0.25, 0.3) is 0 Å². The summed E-state index contributed by atoms with van der Waals surface area (Å²) in [4.78, 5) is 2.77. The van der Waals surface area contributed by atoms with Crippen molar-refractivity contribution >= 4 is 0 Å². The lowest BCUT2D eigenvalue weighted by Gasteiger charge is -2.40. The molecular formula is C17H34N2. The molecule has 0 radical (unpaired) electrons. The maximum absolute atomic E-state index is 3.74. The Morgan fingerprint density at radius 3 is 2.26 bits per heavy atom. The van der Waals surface area contributed by atoms with Crippen LogP contribution in [0.4, 0.5) is 0 Å². The molecule has 2 nitrogen and oxygen atoms in total. The van der Waals surface area contributed by atoms with Gasteiger partial charge in [0.15, 0.2) is 0 Å². The quantitative estimate of drug-likeness (QED) is 0.789. The molecule has 1 saturated carbocycles. The summed E-state index contributed by atoms with van der Waals surface area (Å²) in [5.74, 6) is 0.765. The maximum Gasteiger partial charge on any atom is 0.0153 e. The summed E-state index contributed by atoms with van der Waals surface area (Å²) in [6.45, 7) is 14.5. The molecule has 0 amide bonds. The third-order valence-electron chi connectivity index (χ3n) is 5.32. The van der Waals surface area contributed by atoms with Crippen LogP contribution in [-0.2, 0) is 0 Å². The van der Waals surface area contributed by atoms with E-state index in [4.69, 9.17) is 0 Å². The molecular weight excluding hydrogens is 232 g/mol. The molecule has 1 aliphatic carbocycles. The Morgan fingerprint density at radius 1 is 1.05 bits per heavy atom. The normalized spacial score (nSPS) is 26.4. The molecule has 0 aromatic heterocycles. The maximum atomic E-state index is 3.74. The summed E-state index contributed by atoms with van der Waals surface area (Å²) in [6.07, 6.45) is 8.52. The van der Waals surface area contributed by atoms with Gasteiger partial charge in [0.05, 0.1) is 0 Å². The van der Waals surface area contributed by atoms with Gasteiger partial charge in [-0.2, -0.15) is 0 Å². The van der Waals surface area contributed by atoms with Crippen molar-refractivity contribution in [3.8, 4) is 0 Å². The Hall–Kier alpha value is -0.0800. The van der Waals surface area contributed by atoms with Crippen molar-refractivity contribution in [2.45, 2.75) is 71.8 Å². The summed E-state index contributed by atoms with van der Waals surface area (Å²) in [5, 5.41) is 3.74. The van der Waals surface area contributed by atoms with Gasteiger partial charge in [0.2, 0.25) is 0 Å². The second-order valence-electron chi connectivity index (χ2n) is 8.07. The standard InChI is InChI=1S/C17H34N2/c1-15(2)12-18-13-17(9-5-6-10-17)14-19-11-7-8-16(19,3)4/h15,18H,5-14H2,1-4H3. The van der Waals surface area contributed by atoms with Crippen molar-refractivity contribution in [2.75, 3.05) is 26.2 Å². The van der Waals surface area contributed by atoms with E-state index in [0.29, 0.717) is 11.0 Å². The van der Waals surface area contributed by atoms with Crippen molar-refractivity contribution in [1.82, 2.24) is 10.2 Å². The van der Waals surface area contributed by atoms with Gasteiger partial charge in [-0.1, -0.05) is 26.7 Å². The molecule has 1 saturated heterocycles. The van der Waals surface area contributed by atoms with Crippen molar-refractivity contribution < 1.29 is 0 Å². The van der Waals surface area contributed by atoms with Gasteiger partial charge >= 0.3 is 0 Å². The molecule has 1 aliphatic heterocycles. The zero-order valence-corrected chi connectivity index (χ0v) is 13.6. The molecule has 19 heavy (non-hydrogen) atoms. The average Bonchev–Trinajstić information content (AvgIpc) is 2.88. The molecule has 1 heterocycles. The first-order valence-electron chi connectivity index (χ1n) is 8.39. The van der Waals surface area contributed by atoms with Gasteiger partial charge in [-0.15, -0.1) is 0 Å². The fourth-order valence-electron chi connectivity index (χ4n) is 4.00. The third kappa shape index (κ3) is 3.95. The highest BCUT2D eigenvalue weighted by Crippen LogP contribution is 2.41. The van der Waals surface area contributed by atoms with Crippen molar-refractivity contribution in [3.63, 3.8) is 0 Å². The van der Waals surface area contributed by atoms with Crippen LogP contribution in [0.15, 0.2) is 0 Å². The molecule has 0 atom stereocenters. The van der Waals surface area contributed by atoms with Gasteiger partial charge in [0.25, 0.3) is 0 Å². The van der Waals surface area contributed by atoms with Crippen LogP contribution in [0.3, 0.4) is 0 Å². The summed E-state index contributed by atoms with van der Waals surface area (Å²) < 4.78 is 0. The summed E-state index contributed by atoms with van der Waals surface area (Å²) in [7, 11) is 0. The molecule has 1 N–H and O–H groups in total. The predicted octanol–water partition coefficient (Wildman–Crippen LogP) is 3.67. The average molecular weight is 266 g/mol. The number of likely N-dealkylation sites (tertiary alicyclic amines) is 1. The van der Waals surface area contributed by atoms with Gasteiger partial charge in [-0.3, -0.25) is 4.90 Å². The third-order valence-corrected chi connectivity index (χ3v) is 5.32. The van der Waals surface area contributed by atoms with Crippen LogP contribution in [0.2, 0.25) is 0 Å². The second kappa shape index (κ2) is 6.13. The zero-order chi connectivity index (χ0) is 13.9. The topological polar surface area (TPSA) is 15.3 Å². The molecule has 0 bridgehead atoms. The molecule has 0 spiro atoms. The molecule has 0 aromatic carbocycles. The Morgan fingerprint density at radius 2 is 1.74 bits per heavy atom. The summed E-state index contributed by atoms with van der Waals surface area (Å²) >= 11 is 0. The van der Waals surface area contributed by atoms with Gasteiger partial charge in [0, 0.05) is 18.6 Å². The lowest BCUT2D eigenvalue weighted by molar-refractivity contribution is 0.0954. The molecule has 112 valence electrons. The van der Waals surface area contributed by atoms with Crippen molar-refractivity contribution in [3.05, 3.63) is 0 Å². The predicted molar refractivity (Wildman–Crippen MR) is 83.5 cm³/mol. The van der Waals surface area contributed by atoms with E-state index < -0.39 is 0 Å². The molecule has 0 unspecified atom stereocenters. The van der Waals surface area contributed by atoms with Crippen LogP contribution in [0.1, 0.15) is 66.2 Å². The fourth-order valence-corrected chi connectivity index (χ4v) is 4.00. The van der Waals surface area contributed by atoms with Crippen molar-refractivity contribution in [1.29, 1.82) is 0 Å². The van der Waals surface area contributed by atoms with E-state index in [1.807, 2.05) is 0 Å². The minimum atomic E-state index is 0.438. The van der Waals surface area contributed by atoms with E-state index in [1.54, 1.807) is 0 Å². The van der Waals surface area contributed by atoms with Crippen LogP contribution in [0.5, 0.6) is 0 Å². The zero-order valence-electron chi connectivity index (χ0n) is 13.6. The Balaban J connectivity index is 1.91. The smallest absolute Gasteiger partial charge is 0.0153 e. The number of nitrogens with one attached hydrogen (secondary N) is 1. The highest BCUT2D eigenvalue weighted by Gasteiger charge is 2.40. The van der Waals surface area contributed by atoms with Crippen LogP contribution >= 0.6 is 0 Å². The van der Waals surface area contributed by atoms with Crippen LogP contribution in [0, 0.1) is 11.3 Å². The van der Waals surface area contributed by atoms with Crippen molar-refractivity contribution in [2.24, 2.45) is 11.3 Å². The molecule has 2 aliphatic rings. The van der Waals surface area contributed by atoms with Gasteiger partial charge in [-0.25, -0.2) is 0 Å². The molecule has 0 aromatic rings. The monoisotopic (exact) mass is 266 g/mol. The number of hydrogen-bond acceptors (Lipinski definition) is 2. The first-order chi connectivity index (χ1) is 8.94. The second-order valence-corrected chi connectivity index (χ2v) is 8.07. The summed E-state index contributed by atoms with van der Waals surface area (Å²) in [5.41, 5.74) is 1.00. The van der Waals surface area contributed by atoms with E-state index >= 15 is 0 Å². The van der Waals surface area contributed by atoms with E-state index in [2.05, 4.69) is 37.9 Å². The highest BCUT2D eigenvalue weighted by atomic mass is 15.2. The number of hydrogen-bond donors (Lipinski definition) is 1. The molecule has 2 rings (SSSR count). The van der Waals surface area contributed by atoms with Gasteiger partial charge in [-0.05, 0) is 64.0 Å². The van der Waals surface area contributed by atoms with E-state index in [-0.39, 0.29) is 0 Å². The lowest BCUT2D eigenvalue weighted by Crippen LogP contribution is -2.48. The number of rotatable bonds is 6. The first kappa shape index (κ1) is 15.3. The van der Waals surface area contributed by atoms with Gasteiger partial charge < -0.3 is 5.32 Å². The minimum absolute atomic E-state index is 0.438. The van der Waals surface area contributed by atoms with Gasteiger partial charge in [0.1, 0.15) is 0 Å². The molecule has 2 heteroatoms. The van der Waals surface area contributed by atoms with E-state index in [9.17, 15) is 0 Å². The summed E-state index contributed by atoms with van der Waals surface area (Å²) in [6, 6.07) is 0. The fraction of sp³-hybridized carbons (Fsp3) is 1.00. The first-order valence-corrected chi connectivity index (χ1v) is 8.39. The van der Waals surface area contributed by atoms with Crippen LogP contribution in [-0.4, -0.2) is 36.6 Å². The number of nitrogens with zero attached hydrogens (tertiary/aromatic N) is 1. The van der Waals surface area contributed by atoms with Crippen LogP contribution < -0.4 is 5.32 Å². The Labute approximate surface area is 120 Å². The largest absolute Gasteiger partial charge is 0.316 e. The molecule has 2 fully saturated rings. The lowest BCUT2D eigenvalue weighted by atomic mass is 9.84. The Bertz CT molecular complexity index is 277. The van der Waals surface area contributed by atoms with E-state index in [1.165, 1.54) is 64.7 Å².